The summed E-state index contributed by atoms with van der Waals surface area (Å²) in [5.74, 6) is 0. The molecule has 2 aromatic rings. The molecule has 9 heteroatoms. The minimum absolute atomic E-state index is 0.0524. The van der Waals surface area contributed by atoms with Gasteiger partial charge in [-0.3, -0.25) is 0 Å². The molecule has 0 radical (unpaired) electrons. The average Bonchev–Trinajstić information content (AvgIpc) is 3.17. The normalized spacial score (nSPS) is 19.8. The quantitative estimate of drug-likeness (QED) is 0.715. The Morgan fingerprint density at radius 2 is 1.92 bits per heavy atom. The summed E-state index contributed by atoms with van der Waals surface area (Å²) in [5, 5.41) is 7.47. The molecule has 3 rings (SSSR count). The minimum Gasteiger partial charge on any atom is -0.398 e. The molecule has 0 N–H and O–H groups in total. The van der Waals surface area contributed by atoms with E-state index < -0.39 is 30.6 Å². The van der Waals surface area contributed by atoms with Gasteiger partial charge in [0.25, 0.3) is 0 Å². The fourth-order valence-corrected chi connectivity index (χ4v) is 3.04. The SMILES string of the molecule is CC1(C)OB(C(F)=Cc2cc(-c3ccsc3)nn2C(F)F)OC1(C)C. The highest BCUT2D eigenvalue weighted by molar-refractivity contribution is 7.08. The fourth-order valence-electron chi connectivity index (χ4n) is 2.39. The second-order valence-corrected chi connectivity index (χ2v) is 7.59. The number of nitrogens with zero attached hydrogens (tertiary/aromatic N) is 2. The second-order valence-electron chi connectivity index (χ2n) is 6.81. The van der Waals surface area contributed by atoms with Gasteiger partial charge in [0.2, 0.25) is 0 Å². The molecule has 0 spiro atoms. The van der Waals surface area contributed by atoms with E-state index in [9.17, 15) is 13.2 Å². The molecule has 0 aromatic carbocycles. The second kappa shape index (κ2) is 6.30. The molecule has 25 heavy (non-hydrogen) atoms. The first-order valence-electron chi connectivity index (χ1n) is 7.74. The standard InChI is InChI=1S/C16H18BF3N2O2S/c1-15(2)16(3,4)24-17(23-15)13(18)8-11-7-12(10-5-6-25-9-10)21-22(11)14(19)20/h5-9,14H,1-4H3. The van der Waals surface area contributed by atoms with Crippen LogP contribution in [0.25, 0.3) is 17.3 Å². The molecular weight excluding hydrogens is 352 g/mol. The Kier molecular flexibility index (Phi) is 4.59. The van der Waals surface area contributed by atoms with E-state index in [0.717, 1.165) is 6.08 Å². The summed E-state index contributed by atoms with van der Waals surface area (Å²) < 4.78 is 52.8. The lowest BCUT2D eigenvalue weighted by molar-refractivity contribution is 0.00578. The van der Waals surface area contributed by atoms with E-state index in [4.69, 9.17) is 9.31 Å². The van der Waals surface area contributed by atoms with Gasteiger partial charge in [-0.2, -0.15) is 25.2 Å². The van der Waals surface area contributed by atoms with Crippen molar-refractivity contribution < 1.29 is 22.5 Å². The van der Waals surface area contributed by atoms with Gasteiger partial charge < -0.3 is 9.31 Å². The van der Waals surface area contributed by atoms with Crippen LogP contribution in [0.1, 0.15) is 39.9 Å². The Hall–Kier alpha value is -1.58. The molecule has 134 valence electrons. The lowest BCUT2D eigenvalue weighted by atomic mass is 9.87. The maximum Gasteiger partial charge on any atom is 0.525 e. The van der Waals surface area contributed by atoms with Crippen LogP contribution in [0.5, 0.6) is 0 Å². The first-order chi connectivity index (χ1) is 11.6. The fraction of sp³-hybridized carbons (Fsp3) is 0.438. The maximum atomic E-state index is 14.6. The molecule has 0 atom stereocenters. The summed E-state index contributed by atoms with van der Waals surface area (Å²) in [6.45, 7) is 4.28. The number of alkyl halides is 2. The van der Waals surface area contributed by atoms with Gasteiger partial charge in [0.05, 0.1) is 22.6 Å². The van der Waals surface area contributed by atoms with Crippen molar-refractivity contribution in [2.45, 2.75) is 45.4 Å². The summed E-state index contributed by atoms with van der Waals surface area (Å²) in [4.78, 5) is 0. The van der Waals surface area contributed by atoms with E-state index >= 15 is 0 Å². The van der Waals surface area contributed by atoms with Crippen LogP contribution in [-0.2, 0) is 9.31 Å². The zero-order valence-electron chi connectivity index (χ0n) is 14.3. The van der Waals surface area contributed by atoms with Gasteiger partial charge >= 0.3 is 13.7 Å². The molecule has 0 bridgehead atoms. The van der Waals surface area contributed by atoms with Gasteiger partial charge in [-0.25, -0.2) is 9.07 Å². The molecular formula is C16H18BF3N2O2S. The predicted octanol–water partition coefficient (Wildman–Crippen LogP) is 4.95. The van der Waals surface area contributed by atoms with Gasteiger partial charge in [-0.15, -0.1) is 0 Å². The van der Waals surface area contributed by atoms with E-state index in [1.165, 1.54) is 17.4 Å². The number of rotatable bonds is 4. The van der Waals surface area contributed by atoms with Crippen LogP contribution >= 0.6 is 11.3 Å². The number of hydrogen-bond donors (Lipinski definition) is 0. The Morgan fingerprint density at radius 3 is 2.44 bits per heavy atom. The summed E-state index contributed by atoms with van der Waals surface area (Å²) >= 11 is 1.43. The van der Waals surface area contributed by atoms with E-state index in [1.54, 1.807) is 39.1 Å². The largest absolute Gasteiger partial charge is 0.525 e. The van der Waals surface area contributed by atoms with Crippen molar-refractivity contribution in [3.05, 3.63) is 34.3 Å². The van der Waals surface area contributed by atoms with E-state index in [2.05, 4.69) is 5.10 Å². The first kappa shape index (κ1) is 18.2. The summed E-state index contributed by atoms with van der Waals surface area (Å²) in [5.41, 5.74) is -1.20. The number of thiophene rings is 1. The predicted molar refractivity (Wildman–Crippen MR) is 92.0 cm³/mol. The molecule has 1 saturated heterocycles. The Labute approximate surface area is 148 Å². The molecule has 0 aliphatic carbocycles. The maximum absolute atomic E-state index is 14.6. The smallest absolute Gasteiger partial charge is 0.398 e. The number of halogens is 3. The molecule has 0 saturated carbocycles. The Bertz CT molecular complexity index is 771. The lowest BCUT2D eigenvalue weighted by Crippen LogP contribution is -2.41. The van der Waals surface area contributed by atoms with Crippen molar-refractivity contribution in [3.8, 4) is 11.3 Å². The van der Waals surface area contributed by atoms with Crippen molar-refractivity contribution in [2.24, 2.45) is 0 Å². The molecule has 1 aliphatic rings. The van der Waals surface area contributed by atoms with E-state index in [-0.39, 0.29) is 5.69 Å². The van der Waals surface area contributed by atoms with Crippen molar-refractivity contribution in [1.82, 2.24) is 9.78 Å². The molecule has 0 unspecified atom stereocenters. The average molecular weight is 370 g/mol. The topological polar surface area (TPSA) is 36.3 Å². The molecule has 2 aromatic heterocycles. The third kappa shape index (κ3) is 3.40. The van der Waals surface area contributed by atoms with Crippen molar-refractivity contribution in [3.63, 3.8) is 0 Å². The van der Waals surface area contributed by atoms with Crippen LogP contribution in [0.2, 0.25) is 0 Å². The van der Waals surface area contributed by atoms with Crippen molar-refractivity contribution in [1.29, 1.82) is 0 Å². The zero-order chi connectivity index (χ0) is 18.4. The molecule has 0 amide bonds. The number of hydrogen-bond acceptors (Lipinski definition) is 4. The van der Waals surface area contributed by atoms with Crippen molar-refractivity contribution in [2.75, 3.05) is 0 Å². The van der Waals surface area contributed by atoms with Gasteiger partial charge in [-0.05, 0) is 51.3 Å². The molecule has 4 nitrogen and oxygen atoms in total. The zero-order valence-corrected chi connectivity index (χ0v) is 15.1. The minimum atomic E-state index is -2.88. The van der Waals surface area contributed by atoms with Gasteiger partial charge in [0.15, 0.2) is 0 Å². The Balaban J connectivity index is 1.92. The highest BCUT2D eigenvalue weighted by Gasteiger charge is 2.53. The van der Waals surface area contributed by atoms with Gasteiger partial charge in [0, 0.05) is 10.9 Å². The van der Waals surface area contributed by atoms with Crippen LogP contribution in [0, 0.1) is 0 Å². The first-order valence-corrected chi connectivity index (χ1v) is 8.68. The van der Waals surface area contributed by atoms with Gasteiger partial charge in [0.1, 0.15) is 5.73 Å². The summed E-state index contributed by atoms with van der Waals surface area (Å²) in [7, 11) is -1.24. The van der Waals surface area contributed by atoms with E-state index in [1.807, 2.05) is 5.38 Å². The van der Waals surface area contributed by atoms with E-state index in [0.29, 0.717) is 15.9 Å². The van der Waals surface area contributed by atoms with Crippen LogP contribution in [0.15, 0.2) is 28.6 Å². The van der Waals surface area contributed by atoms with Crippen LogP contribution in [0.3, 0.4) is 0 Å². The molecule has 1 fully saturated rings. The third-order valence-corrected chi connectivity index (χ3v) is 5.21. The van der Waals surface area contributed by atoms with Crippen LogP contribution in [0.4, 0.5) is 13.2 Å². The van der Waals surface area contributed by atoms with Crippen molar-refractivity contribution >= 4 is 24.5 Å². The lowest BCUT2D eigenvalue weighted by Gasteiger charge is -2.32. The summed E-state index contributed by atoms with van der Waals surface area (Å²) in [6.07, 6.45) is 0.983. The highest BCUT2D eigenvalue weighted by Crippen LogP contribution is 2.39. The number of aromatic nitrogens is 2. The Morgan fingerprint density at radius 1 is 1.28 bits per heavy atom. The summed E-state index contributed by atoms with van der Waals surface area (Å²) in [6, 6.07) is 3.18. The van der Waals surface area contributed by atoms with Crippen LogP contribution in [-0.4, -0.2) is 28.1 Å². The van der Waals surface area contributed by atoms with Crippen LogP contribution < -0.4 is 0 Å². The monoisotopic (exact) mass is 370 g/mol. The third-order valence-electron chi connectivity index (χ3n) is 4.53. The highest BCUT2D eigenvalue weighted by atomic mass is 32.1. The molecule has 1 aliphatic heterocycles. The van der Waals surface area contributed by atoms with Gasteiger partial charge in [-0.1, -0.05) is 0 Å². The molecule has 3 heterocycles.